The zero-order chi connectivity index (χ0) is 20.1. The predicted molar refractivity (Wildman–Crippen MR) is 124 cm³/mol. The van der Waals surface area contributed by atoms with E-state index in [1.165, 1.54) is 33.4 Å². The van der Waals surface area contributed by atoms with Crippen LogP contribution in [0.3, 0.4) is 0 Å². The van der Waals surface area contributed by atoms with Gasteiger partial charge in [-0.3, -0.25) is 0 Å². The summed E-state index contributed by atoms with van der Waals surface area (Å²) in [6.45, 7) is 17.2. The summed E-state index contributed by atoms with van der Waals surface area (Å²) in [6.07, 6.45) is 5.54. The van der Waals surface area contributed by atoms with Crippen molar-refractivity contribution in [2.24, 2.45) is 0 Å². The van der Waals surface area contributed by atoms with Gasteiger partial charge in [-0.1, -0.05) is 127 Å². The van der Waals surface area contributed by atoms with Gasteiger partial charge in [0.05, 0.1) is 0 Å². The summed E-state index contributed by atoms with van der Waals surface area (Å²) < 4.78 is 0. The Morgan fingerprint density at radius 3 is 0.741 bits per heavy atom. The fourth-order valence-corrected chi connectivity index (χ4v) is 2.11. The van der Waals surface area contributed by atoms with Gasteiger partial charge in [0.15, 0.2) is 0 Å². The van der Waals surface area contributed by atoms with E-state index >= 15 is 0 Å². The molecule has 0 aliphatic rings. The van der Waals surface area contributed by atoms with Gasteiger partial charge in [-0.25, -0.2) is 0 Å². The highest BCUT2D eigenvalue weighted by Crippen LogP contribution is 2.04. The van der Waals surface area contributed by atoms with Crippen molar-refractivity contribution in [3.8, 4) is 0 Å². The van der Waals surface area contributed by atoms with Gasteiger partial charge in [0.2, 0.25) is 0 Å². The van der Waals surface area contributed by atoms with Gasteiger partial charge in [-0.15, -0.1) is 0 Å². The molecular formula is C27H30. The molecule has 0 fully saturated rings. The van der Waals surface area contributed by atoms with E-state index in [9.17, 15) is 0 Å². The number of hydrogen-bond acceptors (Lipinski definition) is 0. The minimum absolute atomic E-state index is 1.18. The van der Waals surface area contributed by atoms with Crippen molar-refractivity contribution in [3.05, 3.63) is 126 Å². The van der Waals surface area contributed by atoms with Crippen molar-refractivity contribution in [3.63, 3.8) is 0 Å². The highest BCUT2D eigenvalue weighted by atomic mass is 13.9. The molecule has 0 nitrogen and oxygen atoms in total. The van der Waals surface area contributed by atoms with Crippen LogP contribution in [0, 0.1) is 20.8 Å². The molecule has 0 radical (unpaired) electrons. The lowest BCUT2D eigenvalue weighted by Gasteiger charge is -1.91. The Kier molecular flexibility index (Phi) is 9.96. The lowest BCUT2D eigenvalue weighted by molar-refractivity contribution is 1.46. The Hall–Kier alpha value is -3.12. The molecule has 3 aromatic rings. The number of hydrogen-bond donors (Lipinski definition) is 0. The highest BCUT2D eigenvalue weighted by Gasteiger charge is 1.83. The number of aryl methyl sites for hydroxylation is 3. The first-order valence-electron chi connectivity index (χ1n) is 9.05. The van der Waals surface area contributed by atoms with Crippen molar-refractivity contribution in [2.75, 3.05) is 0 Å². The Bertz CT molecular complexity index is 699. The normalized spacial score (nSPS) is 9.00. The fraction of sp³-hybridized carbons (Fsp3) is 0.111. The third-order valence-corrected chi connectivity index (χ3v) is 3.94. The van der Waals surface area contributed by atoms with Crippen LogP contribution in [0.2, 0.25) is 0 Å². The highest BCUT2D eigenvalue weighted by molar-refractivity contribution is 5.48. The molecule has 138 valence electrons. The van der Waals surface area contributed by atoms with E-state index in [0.29, 0.717) is 0 Å². The van der Waals surface area contributed by atoms with Crippen LogP contribution < -0.4 is 0 Å². The van der Waals surface area contributed by atoms with Gasteiger partial charge < -0.3 is 0 Å². The first-order valence-corrected chi connectivity index (χ1v) is 9.05. The molecule has 0 unspecified atom stereocenters. The standard InChI is InChI=1S/3C9H10/c3*1-3-9-6-4-8(2)5-7-9/h3*3-7H,1H2,2H3. The molecule has 3 rings (SSSR count). The van der Waals surface area contributed by atoms with Crippen LogP contribution in [0.25, 0.3) is 18.2 Å². The maximum Gasteiger partial charge on any atom is -0.0262 e. The van der Waals surface area contributed by atoms with Crippen molar-refractivity contribution in [1.29, 1.82) is 0 Å². The molecule has 0 heterocycles. The molecule has 3 aromatic carbocycles. The molecule has 0 saturated carbocycles. The topological polar surface area (TPSA) is 0 Å². The molecule has 0 spiro atoms. The Balaban J connectivity index is 0.000000202. The molecule has 0 heteroatoms. The minimum atomic E-state index is 1.18. The molecule has 0 aliphatic carbocycles. The van der Waals surface area contributed by atoms with Crippen molar-refractivity contribution in [1.82, 2.24) is 0 Å². The molecule has 0 saturated heterocycles. The summed E-state index contributed by atoms with van der Waals surface area (Å²) in [6, 6.07) is 24.8. The maximum atomic E-state index is 3.66. The summed E-state index contributed by atoms with van der Waals surface area (Å²) in [7, 11) is 0. The number of benzene rings is 3. The monoisotopic (exact) mass is 354 g/mol. The Labute approximate surface area is 165 Å². The molecule has 0 atom stereocenters. The van der Waals surface area contributed by atoms with E-state index in [1.807, 2.05) is 18.2 Å². The summed E-state index contributed by atoms with van der Waals surface area (Å²) in [5, 5.41) is 0. The van der Waals surface area contributed by atoms with E-state index in [2.05, 4.69) is 113 Å². The van der Waals surface area contributed by atoms with Crippen LogP contribution in [-0.2, 0) is 0 Å². The van der Waals surface area contributed by atoms with Crippen molar-refractivity contribution in [2.45, 2.75) is 20.8 Å². The first kappa shape index (κ1) is 21.9. The summed E-state index contributed by atoms with van der Waals surface area (Å²) in [5.74, 6) is 0. The maximum absolute atomic E-state index is 3.66. The van der Waals surface area contributed by atoms with Crippen LogP contribution in [0.15, 0.2) is 92.5 Å². The van der Waals surface area contributed by atoms with Crippen LogP contribution in [0.1, 0.15) is 33.4 Å². The molecule has 0 N–H and O–H groups in total. The van der Waals surface area contributed by atoms with E-state index in [4.69, 9.17) is 0 Å². The zero-order valence-corrected chi connectivity index (χ0v) is 16.8. The third kappa shape index (κ3) is 9.23. The second-order valence-electron chi connectivity index (χ2n) is 6.34. The molecule has 27 heavy (non-hydrogen) atoms. The van der Waals surface area contributed by atoms with E-state index in [-0.39, 0.29) is 0 Å². The van der Waals surface area contributed by atoms with Crippen LogP contribution in [-0.4, -0.2) is 0 Å². The lowest BCUT2D eigenvalue weighted by atomic mass is 10.2. The predicted octanol–water partition coefficient (Wildman–Crippen LogP) is 7.91. The average Bonchev–Trinajstić information content (AvgIpc) is 2.71. The van der Waals surface area contributed by atoms with Crippen molar-refractivity contribution < 1.29 is 0 Å². The van der Waals surface area contributed by atoms with Crippen LogP contribution in [0.5, 0.6) is 0 Å². The number of rotatable bonds is 3. The Morgan fingerprint density at radius 2 is 0.593 bits per heavy atom. The van der Waals surface area contributed by atoms with Gasteiger partial charge in [0.25, 0.3) is 0 Å². The summed E-state index contributed by atoms with van der Waals surface area (Å²) in [5.41, 5.74) is 7.42. The van der Waals surface area contributed by atoms with Gasteiger partial charge in [0, 0.05) is 0 Å². The largest absolute Gasteiger partial charge is 0.0985 e. The van der Waals surface area contributed by atoms with Crippen LogP contribution >= 0.6 is 0 Å². The Morgan fingerprint density at radius 1 is 0.407 bits per heavy atom. The fourth-order valence-electron chi connectivity index (χ4n) is 2.11. The molecule has 0 aliphatic heterocycles. The minimum Gasteiger partial charge on any atom is -0.0985 e. The molecule has 0 bridgehead atoms. The quantitative estimate of drug-likeness (QED) is 0.448. The molecule has 0 aromatic heterocycles. The van der Waals surface area contributed by atoms with E-state index < -0.39 is 0 Å². The zero-order valence-electron chi connectivity index (χ0n) is 16.8. The SMILES string of the molecule is C=Cc1ccc(C)cc1.C=Cc1ccc(C)cc1.C=Cc1ccc(C)cc1. The van der Waals surface area contributed by atoms with Crippen LogP contribution in [0.4, 0.5) is 0 Å². The lowest BCUT2D eigenvalue weighted by Crippen LogP contribution is -1.71. The van der Waals surface area contributed by atoms with Crippen molar-refractivity contribution >= 4 is 18.2 Å². The second kappa shape index (κ2) is 12.3. The van der Waals surface area contributed by atoms with Gasteiger partial charge in [0.1, 0.15) is 0 Å². The van der Waals surface area contributed by atoms with Gasteiger partial charge >= 0.3 is 0 Å². The summed E-state index contributed by atoms with van der Waals surface area (Å²) >= 11 is 0. The third-order valence-electron chi connectivity index (χ3n) is 3.94. The van der Waals surface area contributed by atoms with E-state index in [1.54, 1.807) is 0 Å². The second-order valence-corrected chi connectivity index (χ2v) is 6.34. The average molecular weight is 355 g/mol. The summed E-state index contributed by atoms with van der Waals surface area (Å²) in [4.78, 5) is 0. The van der Waals surface area contributed by atoms with Gasteiger partial charge in [-0.05, 0) is 37.5 Å². The smallest absolute Gasteiger partial charge is 0.0262 e. The molecule has 0 amide bonds. The van der Waals surface area contributed by atoms with Gasteiger partial charge in [-0.2, -0.15) is 0 Å². The first-order chi connectivity index (χ1) is 13.0. The molecular weight excluding hydrogens is 324 g/mol. The van der Waals surface area contributed by atoms with E-state index in [0.717, 1.165) is 0 Å².